The summed E-state index contributed by atoms with van der Waals surface area (Å²) < 4.78 is 21.8. The van der Waals surface area contributed by atoms with Crippen molar-refractivity contribution in [1.82, 2.24) is 10.2 Å². The van der Waals surface area contributed by atoms with Crippen molar-refractivity contribution in [3.05, 3.63) is 65.0 Å². The van der Waals surface area contributed by atoms with Gasteiger partial charge >= 0.3 is 0 Å². The first-order valence-corrected chi connectivity index (χ1v) is 9.12. The molecule has 0 saturated heterocycles. The highest BCUT2D eigenvalue weighted by Gasteiger charge is 2.36. The quantitative estimate of drug-likeness (QED) is 0.670. The standard InChI is InChI=1S/C22H20N4O4/c1-27-14-6-4-5-12(7-14)20-19-18(13-8-15(28-2)10-16(9-13)29-3)17(11-23)21(24)30-22(19)26-25-20/h4-10,18H,24H2,1-3H3,(H,25,26)/t18-/m0/s1. The number of nitrogens with one attached hydrogen (secondary N) is 1. The minimum absolute atomic E-state index is 0.0143. The molecule has 3 N–H and O–H groups in total. The third-order valence-electron chi connectivity index (χ3n) is 5.00. The van der Waals surface area contributed by atoms with Crippen LogP contribution in [0.15, 0.2) is 53.9 Å². The van der Waals surface area contributed by atoms with Crippen molar-refractivity contribution in [3.63, 3.8) is 0 Å². The second kappa shape index (κ2) is 7.72. The Labute approximate surface area is 173 Å². The van der Waals surface area contributed by atoms with Crippen LogP contribution in [0, 0.1) is 11.3 Å². The highest BCUT2D eigenvalue weighted by molar-refractivity contribution is 5.72. The fourth-order valence-electron chi connectivity index (χ4n) is 3.57. The van der Waals surface area contributed by atoms with Crippen LogP contribution in [-0.2, 0) is 0 Å². The number of ether oxygens (including phenoxy) is 4. The first-order chi connectivity index (χ1) is 14.6. The Morgan fingerprint density at radius 1 is 1.03 bits per heavy atom. The topological polar surface area (TPSA) is 115 Å². The average molecular weight is 404 g/mol. The van der Waals surface area contributed by atoms with Crippen LogP contribution < -0.4 is 24.7 Å². The summed E-state index contributed by atoms with van der Waals surface area (Å²) in [7, 11) is 4.75. The van der Waals surface area contributed by atoms with Gasteiger partial charge in [-0.3, -0.25) is 5.10 Å². The van der Waals surface area contributed by atoms with Gasteiger partial charge in [-0.2, -0.15) is 5.26 Å². The summed E-state index contributed by atoms with van der Waals surface area (Å²) in [5.74, 6) is 1.70. The zero-order valence-electron chi connectivity index (χ0n) is 16.7. The Kier molecular flexibility index (Phi) is 4.94. The highest BCUT2D eigenvalue weighted by Crippen LogP contribution is 2.47. The molecule has 1 aliphatic rings. The van der Waals surface area contributed by atoms with Crippen molar-refractivity contribution < 1.29 is 18.9 Å². The number of hydrogen-bond acceptors (Lipinski definition) is 7. The summed E-state index contributed by atoms with van der Waals surface area (Å²) in [5.41, 5.74) is 9.35. The zero-order valence-corrected chi connectivity index (χ0v) is 16.7. The van der Waals surface area contributed by atoms with E-state index in [-0.39, 0.29) is 11.5 Å². The van der Waals surface area contributed by atoms with Crippen molar-refractivity contribution in [3.8, 4) is 40.5 Å². The van der Waals surface area contributed by atoms with E-state index in [1.165, 1.54) is 0 Å². The molecule has 0 bridgehead atoms. The van der Waals surface area contributed by atoms with Crippen LogP contribution >= 0.6 is 0 Å². The van der Waals surface area contributed by atoms with Crippen LogP contribution in [0.4, 0.5) is 0 Å². The van der Waals surface area contributed by atoms with Crippen LogP contribution in [0.3, 0.4) is 0 Å². The van der Waals surface area contributed by atoms with Crippen LogP contribution in [-0.4, -0.2) is 31.5 Å². The third kappa shape index (κ3) is 3.16. The van der Waals surface area contributed by atoms with E-state index in [1.807, 2.05) is 36.4 Å². The molecule has 1 aromatic heterocycles. The van der Waals surface area contributed by atoms with Gasteiger partial charge in [0.2, 0.25) is 11.8 Å². The molecule has 0 radical (unpaired) electrons. The smallest absolute Gasteiger partial charge is 0.244 e. The molecule has 30 heavy (non-hydrogen) atoms. The number of aromatic amines is 1. The molecule has 2 aromatic carbocycles. The maximum atomic E-state index is 9.87. The maximum absolute atomic E-state index is 9.87. The van der Waals surface area contributed by atoms with Crippen LogP contribution in [0.5, 0.6) is 23.1 Å². The predicted octanol–water partition coefficient (Wildman–Crippen LogP) is 3.32. The van der Waals surface area contributed by atoms with Gasteiger partial charge < -0.3 is 24.7 Å². The Bertz CT molecular complexity index is 1150. The minimum Gasteiger partial charge on any atom is -0.497 e. The summed E-state index contributed by atoms with van der Waals surface area (Å²) >= 11 is 0. The number of nitrogens with two attached hydrogens (primary N) is 1. The van der Waals surface area contributed by atoms with Crippen molar-refractivity contribution >= 4 is 0 Å². The molecule has 8 nitrogen and oxygen atoms in total. The molecule has 4 rings (SSSR count). The van der Waals surface area contributed by atoms with E-state index >= 15 is 0 Å². The van der Waals surface area contributed by atoms with E-state index < -0.39 is 5.92 Å². The number of nitriles is 1. The molecule has 3 aromatic rings. The number of aromatic nitrogens is 2. The lowest BCUT2D eigenvalue weighted by Crippen LogP contribution is -2.21. The monoisotopic (exact) mass is 404 g/mol. The van der Waals surface area contributed by atoms with Gasteiger partial charge in [0.1, 0.15) is 28.9 Å². The Morgan fingerprint density at radius 2 is 1.73 bits per heavy atom. The van der Waals surface area contributed by atoms with E-state index in [9.17, 15) is 5.26 Å². The number of H-pyrrole nitrogens is 1. The summed E-state index contributed by atoms with van der Waals surface area (Å²) in [6, 6.07) is 15.2. The largest absolute Gasteiger partial charge is 0.497 e. The van der Waals surface area contributed by atoms with Gasteiger partial charge in [-0.25, -0.2) is 0 Å². The molecule has 8 heteroatoms. The lowest BCUT2D eigenvalue weighted by Gasteiger charge is -2.24. The second-order valence-corrected chi connectivity index (χ2v) is 6.62. The van der Waals surface area contributed by atoms with Crippen molar-refractivity contribution in [2.75, 3.05) is 21.3 Å². The van der Waals surface area contributed by atoms with Gasteiger partial charge in [-0.1, -0.05) is 12.1 Å². The lowest BCUT2D eigenvalue weighted by atomic mass is 9.83. The summed E-state index contributed by atoms with van der Waals surface area (Å²) in [5, 5.41) is 17.2. The van der Waals surface area contributed by atoms with Gasteiger partial charge in [0.25, 0.3) is 0 Å². The second-order valence-electron chi connectivity index (χ2n) is 6.62. The SMILES string of the molecule is COc1cccc(-c2[nH]nc3c2[C@@H](c2cc(OC)cc(OC)c2)C(C#N)=C(N)O3)c1. The molecule has 0 spiro atoms. The van der Waals surface area contributed by atoms with Gasteiger partial charge in [0, 0.05) is 11.6 Å². The summed E-state index contributed by atoms with van der Waals surface area (Å²) in [6.45, 7) is 0. The van der Waals surface area contributed by atoms with Gasteiger partial charge in [-0.15, -0.1) is 5.10 Å². The van der Waals surface area contributed by atoms with Crippen molar-refractivity contribution in [1.29, 1.82) is 5.26 Å². The number of rotatable bonds is 5. The Hall–Kier alpha value is -4.12. The maximum Gasteiger partial charge on any atom is 0.244 e. The molecule has 0 fully saturated rings. The molecule has 152 valence electrons. The first-order valence-electron chi connectivity index (χ1n) is 9.12. The van der Waals surface area contributed by atoms with Crippen LogP contribution in [0.2, 0.25) is 0 Å². The zero-order chi connectivity index (χ0) is 21.3. The summed E-state index contributed by atoms with van der Waals surface area (Å²) in [4.78, 5) is 0. The highest BCUT2D eigenvalue weighted by atomic mass is 16.5. The number of allylic oxidation sites excluding steroid dienone is 1. The fraction of sp³-hybridized carbons (Fsp3) is 0.182. The predicted molar refractivity (Wildman–Crippen MR) is 109 cm³/mol. The number of benzene rings is 2. The molecule has 0 amide bonds. The van der Waals surface area contributed by atoms with Gasteiger partial charge in [0.05, 0.1) is 38.5 Å². The molecule has 0 saturated carbocycles. The van der Waals surface area contributed by atoms with Crippen molar-refractivity contribution in [2.24, 2.45) is 5.73 Å². The van der Waals surface area contributed by atoms with E-state index in [0.29, 0.717) is 34.4 Å². The average Bonchev–Trinajstić information content (AvgIpc) is 3.20. The number of nitrogens with zero attached hydrogens (tertiary/aromatic N) is 2. The fourth-order valence-corrected chi connectivity index (χ4v) is 3.57. The number of fused-ring (bicyclic) bond motifs is 1. The molecular formula is C22H20N4O4. The van der Waals surface area contributed by atoms with Crippen LogP contribution in [0.1, 0.15) is 17.0 Å². The number of hydrogen-bond donors (Lipinski definition) is 2. The van der Waals surface area contributed by atoms with Crippen LogP contribution in [0.25, 0.3) is 11.3 Å². The van der Waals surface area contributed by atoms with E-state index in [1.54, 1.807) is 27.4 Å². The summed E-state index contributed by atoms with van der Waals surface area (Å²) in [6.07, 6.45) is 0. The van der Waals surface area contributed by atoms with E-state index in [4.69, 9.17) is 24.7 Å². The molecule has 0 unspecified atom stereocenters. The van der Waals surface area contributed by atoms with E-state index in [2.05, 4.69) is 16.3 Å². The molecule has 1 atom stereocenters. The third-order valence-corrected chi connectivity index (χ3v) is 5.00. The Balaban J connectivity index is 1.96. The molecule has 0 aliphatic carbocycles. The van der Waals surface area contributed by atoms with E-state index in [0.717, 1.165) is 11.1 Å². The molecule has 2 heterocycles. The molecular weight excluding hydrogens is 384 g/mol. The van der Waals surface area contributed by atoms with Gasteiger partial charge in [0.15, 0.2) is 0 Å². The first kappa shape index (κ1) is 19.2. The van der Waals surface area contributed by atoms with Crippen molar-refractivity contribution in [2.45, 2.75) is 5.92 Å². The molecule has 1 aliphatic heterocycles. The lowest BCUT2D eigenvalue weighted by molar-refractivity contribution is 0.377. The Morgan fingerprint density at radius 3 is 2.37 bits per heavy atom. The number of methoxy groups -OCH3 is 3. The van der Waals surface area contributed by atoms with Gasteiger partial charge in [-0.05, 0) is 29.8 Å². The normalized spacial score (nSPS) is 15.1. The minimum atomic E-state index is -0.525.